The Morgan fingerprint density at radius 3 is 2.74 bits per heavy atom. The Morgan fingerprint density at radius 2 is 2.04 bits per heavy atom. The molecule has 1 aliphatic carbocycles. The van der Waals surface area contributed by atoms with E-state index in [0.717, 1.165) is 18.2 Å². The summed E-state index contributed by atoms with van der Waals surface area (Å²) in [6.07, 6.45) is 0.503. The number of thioether (sulfide) groups is 1. The van der Waals surface area contributed by atoms with Gasteiger partial charge in [-0.25, -0.2) is 8.78 Å². The average Bonchev–Trinajstić information content (AvgIpc) is 3.15. The molecule has 3 rings (SSSR count). The Balaban J connectivity index is 1.73. The minimum absolute atomic E-state index is 0.0995. The van der Waals surface area contributed by atoms with Gasteiger partial charge in [-0.05, 0) is 36.1 Å². The van der Waals surface area contributed by atoms with Crippen molar-refractivity contribution in [3.05, 3.63) is 35.4 Å². The molecular weight excluding hydrogens is 322 g/mol. The number of likely N-dealkylation sites (N-methyl/N-ethyl adjacent to an activating group) is 1. The summed E-state index contributed by atoms with van der Waals surface area (Å²) in [6.45, 7) is 0. The second-order valence-corrected chi connectivity index (χ2v) is 7.17. The molecule has 124 valence electrons. The fourth-order valence-corrected chi connectivity index (χ4v) is 4.14. The maximum atomic E-state index is 13.8. The minimum atomic E-state index is -0.503. The maximum absolute atomic E-state index is 13.8. The van der Waals surface area contributed by atoms with Gasteiger partial charge in [0.25, 0.3) is 0 Å². The fraction of sp³-hybridized carbons (Fsp3) is 0.500. The number of carbonyl (C=O) groups excluding carboxylic acids is 2. The molecule has 1 aromatic carbocycles. The molecule has 0 radical (unpaired) electrons. The quantitative estimate of drug-likeness (QED) is 0.846. The van der Waals surface area contributed by atoms with Crippen LogP contribution in [-0.2, 0) is 9.59 Å². The van der Waals surface area contributed by atoms with Gasteiger partial charge in [0.15, 0.2) is 0 Å². The van der Waals surface area contributed by atoms with Crippen molar-refractivity contribution in [2.75, 3.05) is 25.7 Å². The lowest BCUT2D eigenvalue weighted by atomic mass is 10.1. The molecule has 0 unspecified atom stereocenters. The monoisotopic (exact) mass is 340 g/mol. The van der Waals surface area contributed by atoms with Crippen molar-refractivity contribution >= 4 is 23.6 Å². The molecule has 1 aliphatic heterocycles. The number of halogens is 2. The van der Waals surface area contributed by atoms with E-state index in [1.165, 1.54) is 16.7 Å². The number of carbonyl (C=O) groups is 2. The van der Waals surface area contributed by atoms with Gasteiger partial charge in [0.2, 0.25) is 11.8 Å². The van der Waals surface area contributed by atoms with E-state index in [0.29, 0.717) is 18.1 Å². The number of benzene rings is 1. The number of nitrogens with zero attached hydrogens (tertiary/aromatic N) is 2. The van der Waals surface area contributed by atoms with E-state index >= 15 is 0 Å². The SMILES string of the molecule is CN(C)C(=O)[C@@H]1CSCN1C(=O)[C@H]1C[C@H]1c1cc(F)ccc1F. The molecule has 2 fully saturated rings. The van der Waals surface area contributed by atoms with Gasteiger partial charge >= 0.3 is 0 Å². The Kier molecular flexibility index (Phi) is 4.31. The third-order valence-electron chi connectivity index (χ3n) is 4.36. The zero-order valence-corrected chi connectivity index (χ0v) is 13.8. The molecule has 2 amide bonds. The van der Waals surface area contributed by atoms with E-state index in [-0.39, 0.29) is 29.2 Å². The van der Waals surface area contributed by atoms with Gasteiger partial charge in [0, 0.05) is 25.8 Å². The molecule has 7 heteroatoms. The van der Waals surface area contributed by atoms with Gasteiger partial charge in [0.1, 0.15) is 17.7 Å². The van der Waals surface area contributed by atoms with Crippen LogP contribution in [0.3, 0.4) is 0 Å². The lowest BCUT2D eigenvalue weighted by molar-refractivity contribution is -0.142. The molecule has 0 bridgehead atoms. The topological polar surface area (TPSA) is 40.6 Å². The molecule has 1 saturated heterocycles. The van der Waals surface area contributed by atoms with Crippen LogP contribution in [0.1, 0.15) is 17.9 Å². The smallest absolute Gasteiger partial charge is 0.245 e. The van der Waals surface area contributed by atoms with Gasteiger partial charge in [-0.3, -0.25) is 9.59 Å². The molecule has 4 nitrogen and oxygen atoms in total. The normalized spacial score (nSPS) is 26.3. The van der Waals surface area contributed by atoms with Gasteiger partial charge in [0.05, 0.1) is 5.88 Å². The second-order valence-electron chi connectivity index (χ2n) is 6.17. The van der Waals surface area contributed by atoms with E-state index in [1.54, 1.807) is 19.0 Å². The molecule has 0 aromatic heterocycles. The lowest BCUT2D eigenvalue weighted by Gasteiger charge is -2.25. The number of hydrogen-bond acceptors (Lipinski definition) is 3. The summed E-state index contributed by atoms with van der Waals surface area (Å²) in [5.41, 5.74) is 0.255. The minimum Gasteiger partial charge on any atom is -0.347 e. The van der Waals surface area contributed by atoms with Crippen molar-refractivity contribution in [3.8, 4) is 0 Å². The highest BCUT2D eigenvalue weighted by molar-refractivity contribution is 7.99. The number of amides is 2. The Hall–Kier alpha value is -1.63. The molecule has 1 aromatic rings. The summed E-state index contributed by atoms with van der Waals surface area (Å²) in [7, 11) is 3.33. The third-order valence-corrected chi connectivity index (χ3v) is 5.37. The van der Waals surface area contributed by atoms with Crippen LogP contribution in [0.25, 0.3) is 0 Å². The predicted octanol–water partition coefficient (Wildman–Crippen LogP) is 2.06. The van der Waals surface area contributed by atoms with Crippen molar-refractivity contribution in [2.45, 2.75) is 18.4 Å². The van der Waals surface area contributed by atoms with Crippen LogP contribution in [0, 0.1) is 17.6 Å². The Labute approximate surface area is 137 Å². The first-order valence-electron chi connectivity index (χ1n) is 7.44. The van der Waals surface area contributed by atoms with Crippen LogP contribution in [-0.4, -0.2) is 53.4 Å². The van der Waals surface area contributed by atoms with Crippen molar-refractivity contribution in [1.29, 1.82) is 0 Å². The Morgan fingerprint density at radius 1 is 1.30 bits per heavy atom. The maximum Gasteiger partial charge on any atom is 0.245 e. The largest absolute Gasteiger partial charge is 0.347 e. The van der Waals surface area contributed by atoms with E-state index in [9.17, 15) is 18.4 Å². The standard InChI is InChI=1S/C16H18F2N2O2S/c1-19(2)16(22)14-7-23-8-20(14)15(21)12-6-10(12)11-5-9(17)3-4-13(11)18/h3-5,10,12,14H,6-8H2,1-2H3/t10-,12-,14-/m0/s1. The third kappa shape index (κ3) is 3.06. The van der Waals surface area contributed by atoms with Crippen LogP contribution in [0.15, 0.2) is 18.2 Å². The van der Waals surface area contributed by atoms with Gasteiger partial charge < -0.3 is 9.80 Å². The lowest BCUT2D eigenvalue weighted by Crippen LogP contribution is -2.47. The van der Waals surface area contributed by atoms with Gasteiger partial charge in [-0.15, -0.1) is 11.8 Å². The van der Waals surface area contributed by atoms with Crippen molar-refractivity contribution < 1.29 is 18.4 Å². The van der Waals surface area contributed by atoms with Crippen LogP contribution in [0.4, 0.5) is 8.78 Å². The fourth-order valence-electron chi connectivity index (χ4n) is 2.99. The molecule has 0 N–H and O–H groups in total. The first-order chi connectivity index (χ1) is 10.9. The van der Waals surface area contributed by atoms with Crippen LogP contribution in [0.2, 0.25) is 0 Å². The van der Waals surface area contributed by atoms with Gasteiger partial charge in [-0.1, -0.05) is 0 Å². The first-order valence-corrected chi connectivity index (χ1v) is 8.60. The van der Waals surface area contributed by atoms with Crippen molar-refractivity contribution in [2.24, 2.45) is 5.92 Å². The highest BCUT2D eigenvalue weighted by Crippen LogP contribution is 2.50. The summed E-state index contributed by atoms with van der Waals surface area (Å²) in [5, 5.41) is 0. The number of rotatable bonds is 3. The van der Waals surface area contributed by atoms with Gasteiger partial charge in [-0.2, -0.15) is 0 Å². The first kappa shape index (κ1) is 16.2. The second kappa shape index (κ2) is 6.11. The van der Waals surface area contributed by atoms with E-state index < -0.39 is 17.7 Å². The molecule has 1 saturated carbocycles. The molecule has 2 aliphatic rings. The van der Waals surface area contributed by atoms with Crippen LogP contribution >= 0.6 is 11.8 Å². The van der Waals surface area contributed by atoms with Crippen LogP contribution in [0.5, 0.6) is 0 Å². The van der Waals surface area contributed by atoms with Crippen LogP contribution < -0.4 is 0 Å². The highest BCUT2D eigenvalue weighted by Gasteiger charge is 2.49. The summed E-state index contributed by atoms with van der Waals surface area (Å²) >= 11 is 1.54. The van der Waals surface area contributed by atoms with E-state index in [4.69, 9.17) is 0 Å². The van der Waals surface area contributed by atoms with E-state index in [2.05, 4.69) is 0 Å². The summed E-state index contributed by atoms with van der Waals surface area (Å²) in [6, 6.07) is 2.87. The summed E-state index contributed by atoms with van der Waals surface area (Å²) in [5.74, 6) is -0.824. The predicted molar refractivity (Wildman–Crippen MR) is 83.9 cm³/mol. The summed E-state index contributed by atoms with van der Waals surface area (Å²) < 4.78 is 27.1. The molecule has 23 heavy (non-hydrogen) atoms. The zero-order valence-electron chi connectivity index (χ0n) is 13.0. The zero-order chi connectivity index (χ0) is 16.7. The Bertz CT molecular complexity index is 653. The molecule has 0 spiro atoms. The number of hydrogen-bond donors (Lipinski definition) is 0. The highest BCUT2D eigenvalue weighted by atomic mass is 32.2. The van der Waals surface area contributed by atoms with Crippen molar-refractivity contribution in [3.63, 3.8) is 0 Å². The van der Waals surface area contributed by atoms with E-state index in [1.807, 2.05) is 0 Å². The summed E-state index contributed by atoms with van der Waals surface area (Å²) in [4.78, 5) is 27.9. The molecule has 3 atom stereocenters. The van der Waals surface area contributed by atoms with Crippen molar-refractivity contribution in [1.82, 2.24) is 9.80 Å². The molecular formula is C16H18F2N2O2S. The molecule has 1 heterocycles. The average molecular weight is 340 g/mol.